The van der Waals surface area contributed by atoms with Gasteiger partial charge in [-0.15, -0.1) is 5.10 Å². The molecule has 8 heavy (non-hydrogen) atoms. The number of hydrogen-bond donors (Lipinski definition) is 2. The summed E-state index contributed by atoms with van der Waals surface area (Å²) >= 11 is 5.92. The van der Waals surface area contributed by atoms with Crippen molar-refractivity contribution in [2.24, 2.45) is 10.8 Å². The quantitative estimate of drug-likeness (QED) is 0.330. The van der Waals surface area contributed by atoms with Crippen LogP contribution in [0.3, 0.4) is 0 Å². The first-order chi connectivity index (χ1) is 3.63. The summed E-state index contributed by atoms with van der Waals surface area (Å²) in [5.74, 6) is 0. The first-order valence-corrected chi connectivity index (χ1v) is 3.30. The molecule has 0 bridgehead atoms. The van der Waals surface area contributed by atoms with Crippen LogP contribution in [0.5, 0.6) is 0 Å². The summed E-state index contributed by atoms with van der Waals surface area (Å²) in [5.41, 5.74) is 7.57. The van der Waals surface area contributed by atoms with Crippen molar-refractivity contribution >= 4 is 36.6 Å². The first kappa shape index (κ1) is 7.97. The van der Waals surface area contributed by atoms with Gasteiger partial charge >= 0.3 is 0 Å². The minimum atomic E-state index is 0.290. The molecule has 0 unspecified atom stereocenters. The van der Waals surface area contributed by atoms with Gasteiger partial charge in [0.15, 0.2) is 4.74 Å². The summed E-state index contributed by atoms with van der Waals surface area (Å²) in [6.45, 7) is 3.45. The summed E-state index contributed by atoms with van der Waals surface area (Å²) in [6.07, 6.45) is 0. The third kappa shape index (κ3) is 5.97. The van der Waals surface area contributed by atoms with Gasteiger partial charge in [0.2, 0.25) is 0 Å². The maximum Gasteiger partial charge on any atom is 0.187 e. The van der Waals surface area contributed by atoms with Crippen molar-refractivity contribution in [1.29, 1.82) is 0 Å². The van der Waals surface area contributed by atoms with E-state index in [1.165, 1.54) is 0 Å². The normalized spacial score (nSPS) is 11.0. The second-order valence-electron chi connectivity index (χ2n) is 0.951. The molecule has 0 saturated carbocycles. The van der Waals surface area contributed by atoms with Crippen molar-refractivity contribution in [2.75, 3.05) is 0 Å². The minimum Gasteiger partial charge on any atom is -0.376 e. The van der Waals surface area contributed by atoms with Crippen LogP contribution in [0.15, 0.2) is 16.3 Å². The minimum absolute atomic E-state index is 0.290. The average molecular weight is 243 g/mol. The number of nitrogens with two attached hydrogens (primary N) is 1. The molecule has 0 spiro atoms. The molecule has 0 aromatic rings. The molecule has 46 valence electrons. The van der Waals surface area contributed by atoms with Gasteiger partial charge in [0.1, 0.15) is 0 Å². The van der Waals surface area contributed by atoms with Crippen molar-refractivity contribution in [3.63, 3.8) is 0 Å². The van der Waals surface area contributed by atoms with Crippen molar-refractivity contribution < 1.29 is 0 Å². The lowest BCUT2D eigenvalue weighted by Crippen LogP contribution is -2.08. The Kier molecular flexibility index (Phi) is 3.90. The van der Waals surface area contributed by atoms with Crippen LogP contribution in [0, 0.1) is 0 Å². The second kappa shape index (κ2) is 3.91. The largest absolute Gasteiger partial charge is 0.376 e. The van der Waals surface area contributed by atoms with Crippen LogP contribution in [0.1, 0.15) is 0 Å². The molecule has 0 aliphatic carbocycles. The van der Waals surface area contributed by atoms with Gasteiger partial charge in [-0.05, 0) is 31.9 Å². The third-order valence-corrected chi connectivity index (χ3v) is 0.639. The molecular weight excluding hydrogens is 238 g/mol. The Morgan fingerprint density at radius 3 is 2.25 bits per heavy atom. The van der Waals surface area contributed by atoms with Crippen LogP contribution in [0.25, 0.3) is 0 Å². The topological polar surface area (TPSA) is 50.4 Å². The fraction of sp³-hybridized carbons (Fsp3) is 0. The van der Waals surface area contributed by atoms with Crippen LogP contribution >= 0.6 is 31.9 Å². The highest BCUT2D eigenvalue weighted by atomic mass is 79.9. The summed E-state index contributed by atoms with van der Waals surface area (Å²) < 4.78 is 0.859. The molecule has 0 amide bonds. The molecule has 3 nitrogen and oxygen atoms in total. The molecule has 0 radical (unpaired) electrons. The first-order valence-electron chi connectivity index (χ1n) is 1.72. The Hall–Kier alpha value is -0.0300. The summed E-state index contributed by atoms with van der Waals surface area (Å²) in [6, 6.07) is 0. The maximum atomic E-state index is 5.08. The monoisotopic (exact) mass is 241 g/mol. The highest BCUT2D eigenvalue weighted by Crippen LogP contribution is 1.93. The molecule has 5 heteroatoms. The van der Waals surface area contributed by atoms with Crippen LogP contribution in [-0.4, -0.2) is 4.74 Å². The predicted molar refractivity (Wildman–Crippen MR) is 41.8 cm³/mol. The molecule has 0 aliphatic heterocycles. The molecule has 0 aromatic carbocycles. The van der Waals surface area contributed by atoms with Gasteiger partial charge < -0.3 is 5.73 Å². The van der Waals surface area contributed by atoms with E-state index in [-0.39, 0.29) is 4.74 Å². The molecule has 0 fully saturated rings. The molecule has 0 atom stereocenters. The second-order valence-corrected chi connectivity index (χ2v) is 2.72. The summed E-state index contributed by atoms with van der Waals surface area (Å²) in [7, 11) is 0. The van der Waals surface area contributed by atoms with E-state index in [0.29, 0.717) is 4.61 Å². The van der Waals surface area contributed by atoms with Gasteiger partial charge in [-0.1, -0.05) is 6.58 Å². The Balaban J connectivity index is 3.45. The van der Waals surface area contributed by atoms with Crippen molar-refractivity contribution in [1.82, 2.24) is 5.43 Å². The van der Waals surface area contributed by atoms with Gasteiger partial charge in [-0.3, -0.25) is 5.43 Å². The lowest BCUT2D eigenvalue weighted by Gasteiger charge is -1.91. The van der Waals surface area contributed by atoms with E-state index in [9.17, 15) is 0 Å². The van der Waals surface area contributed by atoms with Gasteiger partial charge in [0.05, 0.1) is 4.61 Å². The molecule has 0 heterocycles. The summed E-state index contributed by atoms with van der Waals surface area (Å²) in [4.78, 5) is 0. The number of amidine groups is 1. The number of nitrogens with one attached hydrogen (secondary N) is 1. The highest BCUT2D eigenvalue weighted by Gasteiger charge is 1.79. The Morgan fingerprint density at radius 1 is 1.62 bits per heavy atom. The maximum absolute atomic E-state index is 5.08. The van der Waals surface area contributed by atoms with E-state index in [2.05, 4.69) is 49.0 Å². The zero-order valence-electron chi connectivity index (χ0n) is 3.99. The van der Waals surface area contributed by atoms with Crippen LogP contribution < -0.4 is 11.2 Å². The molecule has 0 aliphatic rings. The number of nitrogens with zero attached hydrogens (tertiary/aromatic N) is 1. The van der Waals surface area contributed by atoms with Gasteiger partial charge in [0, 0.05) is 0 Å². The van der Waals surface area contributed by atoms with Crippen molar-refractivity contribution in [3.8, 4) is 0 Å². The Bertz CT molecular complexity index is 116. The number of hydrogen-bond acceptors (Lipinski definition) is 2. The van der Waals surface area contributed by atoms with E-state index < -0.39 is 0 Å². The van der Waals surface area contributed by atoms with Crippen LogP contribution in [0.2, 0.25) is 0 Å². The molecule has 0 saturated heterocycles. The predicted octanol–water partition coefficient (Wildman–Crippen LogP) is 1.07. The molecule has 0 rings (SSSR count). The third-order valence-electron chi connectivity index (χ3n) is 0.284. The lowest BCUT2D eigenvalue weighted by atomic mass is 11.1. The smallest absolute Gasteiger partial charge is 0.187 e. The molecule has 0 aromatic heterocycles. The van der Waals surface area contributed by atoms with Crippen molar-refractivity contribution in [3.05, 3.63) is 11.2 Å². The van der Waals surface area contributed by atoms with E-state index >= 15 is 0 Å². The highest BCUT2D eigenvalue weighted by molar-refractivity contribution is 9.18. The Morgan fingerprint density at radius 2 is 2.12 bits per heavy atom. The standard InChI is InChI=1S/C3H5Br2N3/c1-2(4)7-8-3(5)6/h7H,1H2,(H2,6,8). The van der Waals surface area contributed by atoms with Gasteiger partial charge in [0.25, 0.3) is 0 Å². The van der Waals surface area contributed by atoms with Crippen LogP contribution in [-0.2, 0) is 0 Å². The van der Waals surface area contributed by atoms with Crippen LogP contribution in [0.4, 0.5) is 0 Å². The van der Waals surface area contributed by atoms with E-state index in [1.807, 2.05) is 0 Å². The fourth-order valence-corrected chi connectivity index (χ4v) is 0.291. The van der Waals surface area contributed by atoms with Crippen molar-refractivity contribution in [2.45, 2.75) is 0 Å². The number of halogens is 2. The van der Waals surface area contributed by atoms with E-state index in [1.54, 1.807) is 0 Å². The van der Waals surface area contributed by atoms with Gasteiger partial charge in [-0.2, -0.15) is 0 Å². The molecular formula is C3H5Br2N3. The zero-order chi connectivity index (χ0) is 6.57. The van der Waals surface area contributed by atoms with E-state index in [4.69, 9.17) is 5.73 Å². The lowest BCUT2D eigenvalue weighted by molar-refractivity contribution is 0.961. The fourth-order valence-electron chi connectivity index (χ4n) is 0.114. The number of hydrazone groups is 1. The van der Waals surface area contributed by atoms with E-state index in [0.717, 1.165) is 0 Å². The Labute approximate surface area is 64.3 Å². The molecule has 3 N–H and O–H groups in total. The SMILES string of the molecule is C=C(Br)N/N=C(\N)Br. The summed E-state index contributed by atoms with van der Waals surface area (Å²) in [5, 5.41) is 3.54. The van der Waals surface area contributed by atoms with Gasteiger partial charge in [-0.25, -0.2) is 0 Å². The number of rotatable bonds is 2. The zero-order valence-corrected chi connectivity index (χ0v) is 7.16. The average Bonchev–Trinajstić information content (AvgIpc) is 1.61.